The molecule has 1 heterocycles. The number of nitro groups is 1. The number of esters is 1. The number of hydrogen-bond acceptors (Lipinski definition) is 8. The van der Waals surface area contributed by atoms with E-state index < -0.39 is 28.2 Å². The van der Waals surface area contributed by atoms with E-state index in [1.807, 2.05) is 0 Å². The second kappa shape index (κ2) is 7.13. The lowest BCUT2D eigenvalue weighted by atomic mass is 10.1. The van der Waals surface area contributed by atoms with E-state index >= 15 is 0 Å². The fraction of sp³-hybridized carbons (Fsp3) is 0.214. The number of carbonyl (C=O) groups is 2. The number of nitrogens with one attached hydrogen (secondary N) is 1. The summed E-state index contributed by atoms with van der Waals surface area (Å²) in [6.45, 7) is -0.364. The van der Waals surface area contributed by atoms with Crippen molar-refractivity contribution in [2.24, 2.45) is 0 Å². The quantitative estimate of drug-likeness (QED) is 0.252. The molecule has 0 atom stereocenters. The monoisotopic (exact) mass is 367 g/mol. The number of phenolic OH excluding ortho intramolecular Hbond substituents is 1. The fourth-order valence-electron chi connectivity index (χ4n) is 2.07. The summed E-state index contributed by atoms with van der Waals surface area (Å²) in [5.41, 5.74) is -0.346. The van der Waals surface area contributed by atoms with Crippen molar-refractivity contribution in [1.82, 2.24) is 10.2 Å². The van der Waals surface area contributed by atoms with Crippen molar-refractivity contribution in [3.05, 3.63) is 33.5 Å². The molecule has 1 fully saturated rings. The molecule has 132 valence electrons. The maximum Gasteiger partial charge on any atom is 0.325 e. The summed E-state index contributed by atoms with van der Waals surface area (Å²) in [7, 11) is 2.42. The van der Waals surface area contributed by atoms with Gasteiger partial charge in [-0.25, -0.2) is 0 Å². The number of carbonyl (C=O) groups excluding carboxylic acids is 2. The lowest BCUT2D eigenvalue weighted by molar-refractivity contribution is -0.386. The zero-order valence-electron chi connectivity index (χ0n) is 13.1. The molecule has 0 unspecified atom stereocenters. The van der Waals surface area contributed by atoms with Crippen molar-refractivity contribution in [2.75, 3.05) is 20.8 Å². The Hall–Kier alpha value is -3.21. The second-order valence-corrected chi connectivity index (χ2v) is 5.19. The van der Waals surface area contributed by atoms with E-state index in [1.165, 1.54) is 26.4 Å². The lowest BCUT2D eigenvalue weighted by Crippen LogP contribution is -2.35. The molecule has 0 radical (unpaired) electrons. The van der Waals surface area contributed by atoms with Gasteiger partial charge in [0.05, 0.1) is 19.1 Å². The molecule has 1 aliphatic rings. The summed E-state index contributed by atoms with van der Waals surface area (Å²) in [5.74, 6) is -1.99. The summed E-state index contributed by atoms with van der Waals surface area (Å²) >= 11 is 4.99. The third-order valence-corrected chi connectivity index (χ3v) is 3.60. The first kappa shape index (κ1) is 18.1. The van der Waals surface area contributed by atoms with E-state index in [1.54, 1.807) is 0 Å². The van der Waals surface area contributed by atoms with Crippen molar-refractivity contribution >= 4 is 41.0 Å². The fourth-order valence-corrected chi connectivity index (χ4v) is 2.32. The highest BCUT2D eigenvalue weighted by Gasteiger charge is 2.32. The first-order valence-corrected chi connectivity index (χ1v) is 7.16. The number of methoxy groups -OCH3 is 2. The van der Waals surface area contributed by atoms with Gasteiger partial charge < -0.3 is 19.9 Å². The molecule has 0 saturated carbocycles. The predicted octanol–water partition coefficient (Wildman–Crippen LogP) is 0.540. The van der Waals surface area contributed by atoms with Crippen LogP contribution < -0.4 is 10.1 Å². The van der Waals surface area contributed by atoms with Gasteiger partial charge in [-0.1, -0.05) is 0 Å². The average Bonchev–Trinajstić information content (AvgIpc) is 2.83. The minimum atomic E-state index is -0.780. The smallest absolute Gasteiger partial charge is 0.325 e. The van der Waals surface area contributed by atoms with Gasteiger partial charge in [0.1, 0.15) is 12.2 Å². The molecule has 1 saturated heterocycles. The first-order valence-electron chi connectivity index (χ1n) is 6.75. The Morgan fingerprint density at radius 2 is 2.16 bits per heavy atom. The van der Waals surface area contributed by atoms with Gasteiger partial charge in [-0.2, -0.15) is 0 Å². The molecule has 2 rings (SSSR count). The van der Waals surface area contributed by atoms with Gasteiger partial charge in [-0.05, 0) is 29.9 Å². The first-order chi connectivity index (χ1) is 11.8. The zero-order valence-corrected chi connectivity index (χ0v) is 14.0. The average molecular weight is 367 g/mol. The summed E-state index contributed by atoms with van der Waals surface area (Å²) in [6, 6.07) is 2.39. The molecule has 11 heteroatoms. The number of aromatic hydroxyl groups is 1. The van der Waals surface area contributed by atoms with Crippen molar-refractivity contribution in [1.29, 1.82) is 0 Å². The Morgan fingerprint density at radius 3 is 2.72 bits per heavy atom. The molecule has 0 bridgehead atoms. The maximum absolute atomic E-state index is 12.3. The summed E-state index contributed by atoms with van der Waals surface area (Å²) in [4.78, 5) is 34.8. The van der Waals surface area contributed by atoms with Gasteiger partial charge in [-0.15, -0.1) is 0 Å². The highest BCUT2D eigenvalue weighted by atomic mass is 32.1. The highest BCUT2D eigenvalue weighted by molar-refractivity contribution is 7.80. The van der Waals surface area contributed by atoms with Crippen LogP contribution in [0.4, 0.5) is 5.69 Å². The summed E-state index contributed by atoms with van der Waals surface area (Å²) < 4.78 is 9.38. The van der Waals surface area contributed by atoms with Crippen LogP contribution in [-0.2, 0) is 14.3 Å². The van der Waals surface area contributed by atoms with E-state index in [2.05, 4.69) is 10.1 Å². The molecule has 0 spiro atoms. The Bertz CT molecular complexity index is 806. The number of thiocarbonyl (C=S) groups is 1. The van der Waals surface area contributed by atoms with E-state index in [4.69, 9.17) is 17.0 Å². The number of amides is 1. The van der Waals surface area contributed by atoms with E-state index in [0.29, 0.717) is 0 Å². The molecule has 1 aliphatic heterocycles. The Labute approximate surface area is 146 Å². The van der Waals surface area contributed by atoms with Crippen LogP contribution >= 0.6 is 12.2 Å². The molecule has 10 nitrogen and oxygen atoms in total. The topological polar surface area (TPSA) is 131 Å². The second-order valence-electron chi connectivity index (χ2n) is 4.80. The van der Waals surface area contributed by atoms with Gasteiger partial charge in [0.2, 0.25) is 5.75 Å². The predicted molar refractivity (Wildman–Crippen MR) is 88.8 cm³/mol. The number of nitro benzene ring substituents is 1. The number of benzene rings is 1. The number of ether oxygens (including phenoxy) is 2. The minimum Gasteiger partial charge on any atom is -0.500 e. The number of nitrogens with zero attached hydrogens (tertiary/aromatic N) is 2. The SMILES string of the molecule is COC(=O)CN1C(=O)/C(=C/c2cc(OC)c(O)c([N+](=O)[O-])c2)NC1=S. The van der Waals surface area contributed by atoms with Crippen LogP contribution in [0.1, 0.15) is 5.56 Å². The van der Waals surface area contributed by atoms with Gasteiger partial charge in [0.15, 0.2) is 10.9 Å². The zero-order chi connectivity index (χ0) is 18.7. The molecular weight excluding hydrogens is 354 g/mol. The van der Waals surface area contributed by atoms with E-state index in [9.17, 15) is 24.8 Å². The number of phenols is 1. The Morgan fingerprint density at radius 1 is 1.48 bits per heavy atom. The van der Waals surface area contributed by atoms with Gasteiger partial charge >= 0.3 is 11.7 Å². The van der Waals surface area contributed by atoms with Crippen LogP contribution in [0.25, 0.3) is 6.08 Å². The standard InChI is InChI=1S/C14H13N3O7S/c1-23-10-5-7(4-9(12(10)19)17(21)22)3-8-13(20)16(14(25)15-8)6-11(18)24-2/h3-5,19H,6H2,1-2H3,(H,15,25)/b8-3-. The van der Waals surface area contributed by atoms with Crippen LogP contribution in [0, 0.1) is 10.1 Å². The van der Waals surface area contributed by atoms with Gasteiger partial charge in [0.25, 0.3) is 5.91 Å². The van der Waals surface area contributed by atoms with Crippen molar-refractivity contribution in [3.8, 4) is 11.5 Å². The third kappa shape index (κ3) is 3.66. The third-order valence-electron chi connectivity index (χ3n) is 3.28. The molecule has 1 amide bonds. The van der Waals surface area contributed by atoms with Crippen LogP contribution in [0.2, 0.25) is 0 Å². The van der Waals surface area contributed by atoms with Crippen LogP contribution in [0.15, 0.2) is 17.8 Å². The van der Waals surface area contributed by atoms with Crippen molar-refractivity contribution in [3.63, 3.8) is 0 Å². The Balaban J connectivity index is 2.39. The van der Waals surface area contributed by atoms with E-state index in [0.717, 1.165) is 11.0 Å². The molecule has 0 aromatic heterocycles. The van der Waals surface area contributed by atoms with Crippen LogP contribution in [0.5, 0.6) is 11.5 Å². The lowest BCUT2D eigenvalue weighted by Gasteiger charge is -2.11. The summed E-state index contributed by atoms with van der Waals surface area (Å²) in [6.07, 6.45) is 1.29. The molecule has 1 aromatic rings. The number of hydrogen-bond donors (Lipinski definition) is 2. The molecular formula is C14H13N3O7S. The van der Waals surface area contributed by atoms with Gasteiger partial charge in [-0.3, -0.25) is 24.6 Å². The normalized spacial score (nSPS) is 15.3. The largest absolute Gasteiger partial charge is 0.500 e. The number of rotatable bonds is 5. The molecule has 0 aliphatic carbocycles. The summed E-state index contributed by atoms with van der Waals surface area (Å²) in [5, 5.41) is 23.4. The minimum absolute atomic E-state index is 0.00175. The Kier molecular flexibility index (Phi) is 5.17. The highest BCUT2D eigenvalue weighted by Crippen LogP contribution is 2.37. The molecule has 1 aromatic carbocycles. The van der Waals surface area contributed by atoms with Crippen LogP contribution in [0.3, 0.4) is 0 Å². The molecule has 25 heavy (non-hydrogen) atoms. The van der Waals surface area contributed by atoms with Crippen molar-refractivity contribution < 1.29 is 29.1 Å². The van der Waals surface area contributed by atoms with Crippen molar-refractivity contribution in [2.45, 2.75) is 0 Å². The van der Waals surface area contributed by atoms with Gasteiger partial charge in [0, 0.05) is 6.07 Å². The maximum atomic E-state index is 12.3. The van der Waals surface area contributed by atoms with E-state index in [-0.39, 0.29) is 28.7 Å². The molecule has 2 N–H and O–H groups in total. The van der Waals surface area contributed by atoms with Crippen LogP contribution in [-0.4, -0.2) is 52.7 Å².